The van der Waals surface area contributed by atoms with Crippen molar-refractivity contribution in [3.05, 3.63) is 237 Å². The van der Waals surface area contributed by atoms with Crippen LogP contribution in [0, 0.1) is 0 Å². The average Bonchev–Trinajstić information content (AvgIpc) is 4.12. The topological polar surface area (TPSA) is 74.3 Å². The van der Waals surface area contributed by atoms with E-state index in [0.29, 0.717) is 11.6 Å². The van der Waals surface area contributed by atoms with Gasteiger partial charge in [-0.25, -0.2) is 24.9 Å². The second-order valence-corrected chi connectivity index (χ2v) is 18.7. The standard InChI is InChI=1S/C63H39N7S/c1-6-18-40(19-7-1)51-38-59(67-61(64-51)42-22-10-3-11-23-42)69-54-29-17-16-28-47(54)48-34-45(30-32-55(48)69)46-31-33-56-49(35-46)50-36-58-53(66-63(71-58)44-26-14-5-15-27-44)37-57(50)70(56)60-39-52(41-20-8-2-9-21-41)65-62(68-60)43-24-12-4-13-25-43/h1-39H. The van der Waals surface area contributed by atoms with Crippen LogP contribution in [0.2, 0.25) is 0 Å². The zero-order chi connectivity index (χ0) is 46.8. The summed E-state index contributed by atoms with van der Waals surface area (Å²) in [6.45, 7) is 0. The molecule has 0 fully saturated rings. The molecule has 5 heterocycles. The largest absolute Gasteiger partial charge is 0.294 e. The smallest absolute Gasteiger partial charge is 0.162 e. The maximum absolute atomic E-state index is 5.34. The fourth-order valence-electron chi connectivity index (χ4n) is 10.0. The molecule has 0 aliphatic heterocycles. The van der Waals surface area contributed by atoms with Gasteiger partial charge in [-0.1, -0.05) is 182 Å². The van der Waals surface area contributed by atoms with Gasteiger partial charge in [-0.05, 0) is 53.6 Å². The van der Waals surface area contributed by atoms with Crippen molar-refractivity contribution in [3.63, 3.8) is 0 Å². The highest BCUT2D eigenvalue weighted by Crippen LogP contribution is 2.42. The molecule has 71 heavy (non-hydrogen) atoms. The minimum absolute atomic E-state index is 0.664. The number of benzene rings is 9. The lowest BCUT2D eigenvalue weighted by Gasteiger charge is -2.12. The number of hydrogen-bond donors (Lipinski definition) is 0. The van der Waals surface area contributed by atoms with Crippen LogP contribution in [0.3, 0.4) is 0 Å². The fourth-order valence-corrected chi connectivity index (χ4v) is 11.0. The van der Waals surface area contributed by atoms with E-state index in [-0.39, 0.29) is 0 Å². The third-order valence-electron chi connectivity index (χ3n) is 13.4. The first-order valence-electron chi connectivity index (χ1n) is 23.7. The molecule has 332 valence electrons. The first kappa shape index (κ1) is 40.7. The van der Waals surface area contributed by atoms with E-state index in [9.17, 15) is 0 Å². The number of hydrogen-bond acceptors (Lipinski definition) is 6. The molecule has 5 aromatic heterocycles. The van der Waals surface area contributed by atoms with Crippen LogP contribution in [0.4, 0.5) is 0 Å². The summed E-state index contributed by atoms with van der Waals surface area (Å²) in [6.07, 6.45) is 0. The third kappa shape index (κ3) is 7.08. The Balaban J connectivity index is 0.973. The van der Waals surface area contributed by atoms with Gasteiger partial charge in [0.1, 0.15) is 16.6 Å². The van der Waals surface area contributed by atoms with Crippen LogP contribution in [-0.4, -0.2) is 34.1 Å². The highest BCUT2D eigenvalue weighted by atomic mass is 32.1. The molecule has 9 aromatic carbocycles. The molecule has 14 rings (SSSR count). The SMILES string of the molecule is c1ccc(-c2cc(-n3c4ccccc4c4cc(-c5ccc6c(c5)c5cc7sc(-c8ccccc8)nc7cc5n6-c5cc(-c6ccccc6)nc(-c6ccccc6)n5)ccc43)nc(-c3ccccc3)n2)cc1. The predicted molar refractivity (Wildman–Crippen MR) is 292 cm³/mol. The van der Waals surface area contributed by atoms with E-state index in [2.05, 4.69) is 191 Å². The van der Waals surface area contributed by atoms with Crippen molar-refractivity contribution in [1.82, 2.24) is 34.1 Å². The van der Waals surface area contributed by atoms with Crippen molar-refractivity contribution in [2.45, 2.75) is 0 Å². The number of rotatable bonds is 8. The van der Waals surface area contributed by atoms with Crippen LogP contribution in [-0.2, 0) is 0 Å². The van der Waals surface area contributed by atoms with Crippen molar-refractivity contribution in [1.29, 1.82) is 0 Å². The maximum atomic E-state index is 5.34. The van der Waals surface area contributed by atoms with Gasteiger partial charge in [-0.15, -0.1) is 11.3 Å². The molecule has 0 saturated carbocycles. The molecule has 0 bridgehead atoms. The highest BCUT2D eigenvalue weighted by molar-refractivity contribution is 7.21. The summed E-state index contributed by atoms with van der Waals surface area (Å²) in [5.74, 6) is 2.94. The Morgan fingerprint density at radius 3 is 1.24 bits per heavy atom. The Hall–Kier alpha value is -9.37. The fraction of sp³-hybridized carbons (Fsp3) is 0. The lowest BCUT2D eigenvalue weighted by atomic mass is 10.0. The predicted octanol–water partition coefficient (Wildman–Crippen LogP) is 16.1. The molecule has 0 aliphatic carbocycles. The monoisotopic (exact) mass is 925 g/mol. The summed E-state index contributed by atoms with van der Waals surface area (Å²) in [6, 6.07) is 82.7. The van der Waals surface area contributed by atoms with E-state index in [1.807, 2.05) is 54.6 Å². The lowest BCUT2D eigenvalue weighted by Crippen LogP contribution is -2.02. The van der Waals surface area contributed by atoms with Gasteiger partial charge in [0.2, 0.25) is 0 Å². The van der Waals surface area contributed by atoms with Crippen molar-refractivity contribution < 1.29 is 0 Å². The summed E-state index contributed by atoms with van der Waals surface area (Å²) in [4.78, 5) is 26.1. The zero-order valence-electron chi connectivity index (χ0n) is 38.1. The van der Waals surface area contributed by atoms with Crippen molar-refractivity contribution in [3.8, 4) is 78.6 Å². The number of fused-ring (bicyclic) bond motifs is 7. The molecule has 0 aliphatic rings. The summed E-state index contributed by atoms with van der Waals surface area (Å²) >= 11 is 1.72. The molecule has 8 heteroatoms. The minimum Gasteiger partial charge on any atom is -0.294 e. The summed E-state index contributed by atoms with van der Waals surface area (Å²) in [5, 5.41) is 5.54. The van der Waals surface area contributed by atoms with Gasteiger partial charge in [0, 0.05) is 61.5 Å². The number of nitrogens with zero attached hydrogens (tertiary/aromatic N) is 7. The molecule has 0 unspecified atom stereocenters. The van der Waals surface area contributed by atoms with Gasteiger partial charge >= 0.3 is 0 Å². The first-order valence-corrected chi connectivity index (χ1v) is 24.5. The molecule has 0 radical (unpaired) electrons. The van der Waals surface area contributed by atoms with E-state index < -0.39 is 0 Å². The molecule has 7 nitrogen and oxygen atoms in total. The van der Waals surface area contributed by atoms with E-state index in [1.165, 1.54) is 0 Å². The second kappa shape index (κ2) is 16.7. The van der Waals surface area contributed by atoms with E-state index in [0.717, 1.165) is 121 Å². The van der Waals surface area contributed by atoms with Crippen molar-refractivity contribution in [2.24, 2.45) is 0 Å². The van der Waals surface area contributed by atoms with Gasteiger partial charge in [0.25, 0.3) is 0 Å². The summed E-state index contributed by atoms with van der Waals surface area (Å²) in [5.41, 5.74) is 14.2. The molecular formula is C63H39N7S. The highest BCUT2D eigenvalue weighted by Gasteiger charge is 2.21. The summed E-state index contributed by atoms with van der Waals surface area (Å²) in [7, 11) is 0. The van der Waals surface area contributed by atoms with Crippen LogP contribution in [0.15, 0.2) is 237 Å². The molecule has 14 aromatic rings. The van der Waals surface area contributed by atoms with Crippen LogP contribution in [0.5, 0.6) is 0 Å². The molecule has 0 N–H and O–H groups in total. The molecule has 0 atom stereocenters. The average molecular weight is 926 g/mol. The molecule has 0 amide bonds. The van der Waals surface area contributed by atoms with Crippen molar-refractivity contribution >= 4 is 65.2 Å². The Labute approximate surface area is 412 Å². The van der Waals surface area contributed by atoms with E-state index in [4.69, 9.17) is 24.9 Å². The third-order valence-corrected chi connectivity index (χ3v) is 14.5. The maximum Gasteiger partial charge on any atom is 0.162 e. The second-order valence-electron chi connectivity index (χ2n) is 17.7. The van der Waals surface area contributed by atoms with E-state index in [1.54, 1.807) is 11.3 Å². The van der Waals surface area contributed by atoms with Gasteiger partial charge in [0.15, 0.2) is 11.6 Å². The number of para-hydroxylation sites is 1. The van der Waals surface area contributed by atoms with Gasteiger partial charge in [-0.3, -0.25) is 9.13 Å². The lowest BCUT2D eigenvalue weighted by molar-refractivity contribution is 1.05. The Bertz CT molecular complexity index is 4200. The van der Waals surface area contributed by atoms with Crippen LogP contribution < -0.4 is 0 Å². The van der Waals surface area contributed by atoms with Crippen LogP contribution in [0.25, 0.3) is 132 Å². The zero-order valence-corrected chi connectivity index (χ0v) is 38.9. The Morgan fingerprint density at radius 1 is 0.282 bits per heavy atom. The van der Waals surface area contributed by atoms with E-state index >= 15 is 0 Å². The van der Waals surface area contributed by atoms with Crippen LogP contribution in [0.1, 0.15) is 0 Å². The molecular weight excluding hydrogens is 887 g/mol. The van der Waals surface area contributed by atoms with Gasteiger partial charge in [0.05, 0.1) is 43.7 Å². The quantitative estimate of drug-likeness (QED) is 0.152. The Morgan fingerprint density at radius 2 is 0.704 bits per heavy atom. The number of aromatic nitrogens is 7. The Kier molecular flexibility index (Phi) is 9.57. The van der Waals surface area contributed by atoms with Gasteiger partial charge < -0.3 is 0 Å². The first-order chi connectivity index (χ1) is 35.2. The van der Waals surface area contributed by atoms with Gasteiger partial charge in [-0.2, -0.15) is 0 Å². The number of thiazole rings is 1. The minimum atomic E-state index is 0.664. The molecule has 0 spiro atoms. The molecule has 0 saturated heterocycles. The normalized spacial score (nSPS) is 11.7. The van der Waals surface area contributed by atoms with Crippen LogP contribution >= 0.6 is 11.3 Å². The van der Waals surface area contributed by atoms with Crippen molar-refractivity contribution in [2.75, 3.05) is 0 Å². The summed E-state index contributed by atoms with van der Waals surface area (Å²) < 4.78 is 5.70.